The largest absolute Gasteiger partial charge is 0.406 e. The zero-order valence-electron chi connectivity index (χ0n) is 10.4. The van der Waals surface area contributed by atoms with Crippen LogP contribution in [-0.4, -0.2) is 29.6 Å². The standard InChI is InChI=1S/C13H12Cl2F3NO/c14-10-4-1-8(5-11(10)15)6-12(20)19(9-2-3-9)7-13(16,17)18/h1,4-5,9H,2-3,6-7H2. The molecule has 0 spiro atoms. The molecule has 1 aliphatic rings. The topological polar surface area (TPSA) is 20.3 Å². The third-order valence-corrected chi connectivity index (χ3v) is 3.74. The Morgan fingerprint density at radius 2 is 1.90 bits per heavy atom. The van der Waals surface area contributed by atoms with Crippen LogP contribution in [0.5, 0.6) is 0 Å². The molecule has 0 radical (unpaired) electrons. The number of alkyl halides is 3. The number of rotatable bonds is 4. The van der Waals surface area contributed by atoms with Gasteiger partial charge in [-0.15, -0.1) is 0 Å². The molecular weight excluding hydrogens is 314 g/mol. The highest BCUT2D eigenvalue weighted by Gasteiger charge is 2.40. The highest BCUT2D eigenvalue weighted by Crippen LogP contribution is 2.31. The fourth-order valence-corrected chi connectivity index (χ4v) is 2.25. The van der Waals surface area contributed by atoms with Crippen molar-refractivity contribution >= 4 is 29.1 Å². The maximum Gasteiger partial charge on any atom is 0.406 e. The molecule has 0 saturated heterocycles. The van der Waals surface area contributed by atoms with Gasteiger partial charge in [0.2, 0.25) is 5.91 Å². The lowest BCUT2D eigenvalue weighted by Crippen LogP contribution is -2.41. The normalized spacial score (nSPS) is 15.2. The molecule has 1 aromatic rings. The van der Waals surface area contributed by atoms with Gasteiger partial charge in [0.05, 0.1) is 16.5 Å². The van der Waals surface area contributed by atoms with Crippen molar-refractivity contribution in [2.45, 2.75) is 31.5 Å². The molecule has 2 rings (SSSR count). The second-order valence-corrected chi connectivity index (χ2v) is 5.61. The van der Waals surface area contributed by atoms with Crippen molar-refractivity contribution in [2.75, 3.05) is 6.54 Å². The van der Waals surface area contributed by atoms with Crippen LogP contribution in [0.15, 0.2) is 18.2 Å². The van der Waals surface area contributed by atoms with Crippen LogP contribution in [0.4, 0.5) is 13.2 Å². The maximum absolute atomic E-state index is 12.5. The van der Waals surface area contributed by atoms with Crippen LogP contribution >= 0.6 is 23.2 Å². The van der Waals surface area contributed by atoms with Crippen LogP contribution in [0, 0.1) is 0 Å². The number of hydrogen-bond acceptors (Lipinski definition) is 1. The van der Waals surface area contributed by atoms with Crippen LogP contribution in [0.2, 0.25) is 10.0 Å². The maximum atomic E-state index is 12.5. The first kappa shape index (κ1) is 15.4. The number of nitrogens with zero attached hydrogens (tertiary/aromatic N) is 1. The minimum atomic E-state index is -4.38. The summed E-state index contributed by atoms with van der Waals surface area (Å²) < 4.78 is 37.4. The Labute approximate surface area is 124 Å². The van der Waals surface area contributed by atoms with E-state index in [1.54, 1.807) is 6.07 Å². The third kappa shape index (κ3) is 4.28. The van der Waals surface area contributed by atoms with Crippen LogP contribution in [0.1, 0.15) is 18.4 Å². The summed E-state index contributed by atoms with van der Waals surface area (Å²) in [6, 6.07) is 4.33. The van der Waals surface area contributed by atoms with E-state index in [-0.39, 0.29) is 17.5 Å². The number of amides is 1. The Kier molecular flexibility index (Phi) is 4.49. The van der Waals surface area contributed by atoms with E-state index < -0.39 is 18.6 Å². The van der Waals surface area contributed by atoms with Crippen molar-refractivity contribution in [3.63, 3.8) is 0 Å². The van der Waals surface area contributed by atoms with E-state index in [2.05, 4.69) is 0 Å². The van der Waals surface area contributed by atoms with Crippen LogP contribution in [0.25, 0.3) is 0 Å². The molecule has 0 aromatic heterocycles. The molecule has 20 heavy (non-hydrogen) atoms. The van der Waals surface area contributed by atoms with Gasteiger partial charge in [-0.25, -0.2) is 0 Å². The summed E-state index contributed by atoms with van der Waals surface area (Å²) >= 11 is 11.6. The molecule has 0 N–H and O–H groups in total. The van der Waals surface area contributed by atoms with Gasteiger partial charge in [-0.1, -0.05) is 29.3 Å². The first-order valence-corrected chi connectivity index (χ1v) is 6.82. The van der Waals surface area contributed by atoms with Crippen LogP contribution < -0.4 is 0 Å². The molecule has 1 fully saturated rings. The molecule has 0 unspecified atom stereocenters. The highest BCUT2D eigenvalue weighted by atomic mass is 35.5. The Hall–Kier alpha value is -0.940. The van der Waals surface area contributed by atoms with Crippen molar-refractivity contribution < 1.29 is 18.0 Å². The summed E-state index contributed by atoms with van der Waals surface area (Å²) in [6.45, 7) is -1.20. The Morgan fingerprint density at radius 3 is 2.40 bits per heavy atom. The second kappa shape index (κ2) is 5.82. The zero-order chi connectivity index (χ0) is 14.9. The van der Waals surface area contributed by atoms with Gasteiger partial charge in [0.25, 0.3) is 0 Å². The van der Waals surface area contributed by atoms with Crippen molar-refractivity contribution in [3.8, 4) is 0 Å². The average molecular weight is 326 g/mol. The molecule has 0 heterocycles. The lowest BCUT2D eigenvalue weighted by molar-refractivity contribution is -0.162. The lowest BCUT2D eigenvalue weighted by Gasteiger charge is -2.23. The Balaban J connectivity index is 2.06. The minimum absolute atomic E-state index is 0.108. The molecule has 1 aromatic carbocycles. The van der Waals surface area contributed by atoms with Gasteiger partial charge < -0.3 is 4.90 Å². The van der Waals surface area contributed by atoms with Crippen molar-refractivity contribution in [2.24, 2.45) is 0 Å². The summed E-state index contributed by atoms with van der Waals surface area (Å²) in [5.41, 5.74) is 0.553. The first-order chi connectivity index (χ1) is 9.26. The van der Waals surface area contributed by atoms with Gasteiger partial charge >= 0.3 is 6.18 Å². The molecule has 0 atom stereocenters. The monoisotopic (exact) mass is 325 g/mol. The smallest absolute Gasteiger partial charge is 0.330 e. The number of carbonyl (C=O) groups excluding carboxylic acids is 1. The van der Waals surface area contributed by atoms with Crippen molar-refractivity contribution in [1.29, 1.82) is 0 Å². The number of halogens is 5. The van der Waals surface area contributed by atoms with Crippen LogP contribution in [0.3, 0.4) is 0 Å². The molecule has 2 nitrogen and oxygen atoms in total. The Bertz CT molecular complexity index is 515. The van der Waals surface area contributed by atoms with Gasteiger partial charge in [0, 0.05) is 6.04 Å². The van der Waals surface area contributed by atoms with Crippen molar-refractivity contribution in [3.05, 3.63) is 33.8 Å². The average Bonchev–Trinajstić information content (AvgIpc) is 3.14. The van der Waals surface area contributed by atoms with Crippen molar-refractivity contribution in [1.82, 2.24) is 4.90 Å². The van der Waals surface area contributed by atoms with E-state index in [9.17, 15) is 18.0 Å². The quantitative estimate of drug-likeness (QED) is 0.816. The number of carbonyl (C=O) groups is 1. The molecular formula is C13H12Cl2F3NO. The second-order valence-electron chi connectivity index (χ2n) is 4.79. The summed E-state index contributed by atoms with van der Waals surface area (Å²) in [5.74, 6) is -0.539. The highest BCUT2D eigenvalue weighted by molar-refractivity contribution is 6.42. The number of benzene rings is 1. The summed E-state index contributed by atoms with van der Waals surface area (Å²) in [4.78, 5) is 12.9. The lowest BCUT2D eigenvalue weighted by atomic mass is 10.1. The Morgan fingerprint density at radius 1 is 1.25 bits per heavy atom. The predicted molar refractivity (Wildman–Crippen MR) is 71.0 cm³/mol. The fraction of sp³-hybridized carbons (Fsp3) is 0.462. The fourth-order valence-electron chi connectivity index (χ4n) is 1.93. The van der Waals surface area contributed by atoms with Gasteiger partial charge in [0.1, 0.15) is 6.54 Å². The molecule has 1 amide bonds. The van der Waals surface area contributed by atoms with E-state index in [0.717, 1.165) is 4.90 Å². The molecule has 0 aliphatic heterocycles. The SMILES string of the molecule is O=C(Cc1ccc(Cl)c(Cl)c1)N(CC(F)(F)F)C1CC1. The summed E-state index contributed by atoms with van der Waals surface area (Å²) in [5, 5.41) is 0.628. The van der Waals surface area contributed by atoms with E-state index >= 15 is 0 Å². The molecule has 1 aliphatic carbocycles. The molecule has 1 saturated carbocycles. The molecule has 7 heteroatoms. The summed E-state index contributed by atoms with van der Waals surface area (Å²) in [6.07, 6.45) is -3.23. The molecule has 0 bridgehead atoms. The number of hydrogen-bond donors (Lipinski definition) is 0. The van der Waals surface area contributed by atoms with Gasteiger partial charge in [-0.05, 0) is 30.5 Å². The molecule has 110 valence electrons. The third-order valence-electron chi connectivity index (χ3n) is 3.00. The van der Waals surface area contributed by atoms with E-state index in [4.69, 9.17) is 23.2 Å². The first-order valence-electron chi connectivity index (χ1n) is 6.06. The zero-order valence-corrected chi connectivity index (χ0v) is 11.9. The van der Waals surface area contributed by atoms with Crippen LogP contribution in [-0.2, 0) is 11.2 Å². The predicted octanol–water partition coefficient (Wildman–Crippen LogP) is 4.09. The minimum Gasteiger partial charge on any atom is -0.330 e. The van der Waals surface area contributed by atoms with Gasteiger partial charge in [-0.3, -0.25) is 4.79 Å². The van der Waals surface area contributed by atoms with E-state index in [0.29, 0.717) is 23.4 Å². The van der Waals surface area contributed by atoms with E-state index in [1.165, 1.54) is 12.1 Å². The van der Waals surface area contributed by atoms with E-state index in [1.807, 2.05) is 0 Å². The summed E-state index contributed by atoms with van der Waals surface area (Å²) in [7, 11) is 0. The van der Waals surface area contributed by atoms with Gasteiger partial charge in [-0.2, -0.15) is 13.2 Å². The van der Waals surface area contributed by atoms with Gasteiger partial charge in [0.15, 0.2) is 0 Å².